The number of amides is 2. The van der Waals surface area contributed by atoms with Gasteiger partial charge in [-0.3, -0.25) is 10.1 Å². The first-order valence-electron chi connectivity index (χ1n) is 11.5. The minimum Gasteiger partial charge on any atom is -0.494 e. The van der Waals surface area contributed by atoms with E-state index in [9.17, 15) is 23.5 Å². The maximum atomic E-state index is 14.5. The number of nitrogens with one attached hydrogen (secondary N) is 1. The second kappa shape index (κ2) is 11.6. The molecule has 1 saturated carbocycles. The van der Waals surface area contributed by atoms with Gasteiger partial charge in [0.15, 0.2) is 16.7 Å². The van der Waals surface area contributed by atoms with Crippen LogP contribution in [0.4, 0.5) is 18.7 Å². The first-order valence-corrected chi connectivity index (χ1v) is 13.1. The number of halogens is 2. The third-order valence-electron chi connectivity index (χ3n) is 6.22. The molecule has 2 aromatic rings. The highest BCUT2D eigenvalue weighted by atomic mass is 32.2. The second-order valence-corrected chi connectivity index (χ2v) is 12.2. The van der Waals surface area contributed by atoms with Gasteiger partial charge in [-0.15, -0.1) is 0 Å². The van der Waals surface area contributed by atoms with Gasteiger partial charge in [-0.25, -0.2) is 14.2 Å². The summed E-state index contributed by atoms with van der Waals surface area (Å²) in [7, 11) is 1.28. The molecule has 0 saturated heterocycles. The van der Waals surface area contributed by atoms with E-state index in [1.165, 1.54) is 36.8 Å². The smallest absolute Gasteiger partial charge is 0.323 e. The summed E-state index contributed by atoms with van der Waals surface area (Å²) in [5.74, 6) is -2.53. The molecule has 0 radical (unpaired) electrons. The maximum absolute atomic E-state index is 14.5. The van der Waals surface area contributed by atoms with E-state index in [1.54, 1.807) is 18.7 Å². The zero-order valence-corrected chi connectivity index (χ0v) is 21.9. The van der Waals surface area contributed by atoms with E-state index >= 15 is 0 Å². The number of benzene rings is 1. The number of carbonyl (C=O) groups excluding carboxylic acids is 1. The summed E-state index contributed by atoms with van der Waals surface area (Å²) >= 11 is 2.36. The molecule has 2 amide bonds. The van der Waals surface area contributed by atoms with Crippen LogP contribution in [0.15, 0.2) is 22.5 Å². The van der Waals surface area contributed by atoms with Crippen LogP contribution in [0.1, 0.15) is 52.0 Å². The zero-order valence-electron chi connectivity index (χ0n) is 20.3. The number of thioether (sulfide) groups is 1. The van der Waals surface area contributed by atoms with Gasteiger partial charge in [0.1, 0.15) is 4.75 Å². The highest BCUT2D eigenvalue weighted by molar-refractivity contribution is 8.03. The molecule has 11 heteroatoms. The Hall–Kier alpha value is -2.40. The number of hydrogen-bond acceptors (Lipinski definition) is 6. The van der Waals surface area contributed by atoms with E-state index in [1.807, 2.05) is 0 Å². The van der Waals surface area contributed by atoms with E-state index in [0.717, 1.165) is 37.4 Å². The Morgan fingerprint density at radius 2 is 1.94 bits per heavy atom. The van der Waals surface area contributed by atoms with E-state index in [2.05, 4.69) is 17.2 Å². The van der Waals surface area contributed by atoms with Crippen LogP contribution in [0.2, 0.25) is 0 Å². The molecule has 1 aliphatic rings. The first-order chi connectivity index (χ1) is 16.5. The molecule has 3 rings (SSSR count). The number of thiazole rings is 1. The number of aliphatic carboxylic acids is 1. The van der Waals surface area contributed by atoms with Gasteiger partial charge in [0.05, 0.1) is 17.5 Å². The van der Waals surface area contributed by atoms with Gasteiger partial charge in [-0.1, -0.05) is 36.1 Å². The average Bonchev–Trinajstić information content (AvgIpc) is 3.23. The largest absolute Gasteiger partial charge is 0.494 e. The molecule has 192 valence electrons. The normalized spacial score (nSPS) is 18.2. The average molecular weight is 528 g/mol. The van der Waals surface area contributed by atoms with Gasteiger partial charge in [0.25, 0.3) is 0 Å². The third kappa shape index (κ3) is 6.84. The van der Waals surface area contributed by atoms with Crippen LogP contribution in [-0.2, 0) is 11.2 Å². The van der Waals surface area contributed by atoms with Crippen LogP contribution in [-0.4, -0.2) is 51.4 Å². The SMILES string of the molecule is COc1ccc(CCN(C(=O)Nc2ncc(SC(C)(C)C(=O)O)s2)C2CCC(C)CC2)c(F)c1F. The number of rotatable bonds is 9. The van der Waals surface area contributed by atoms with E-state index in [0.29, 0.717) is 15.3 Å². The summed E-state index contributed by atoms with van der Waals surface area (Å²) in [6, 6.07) is 2.48. The number of hydrogen-bond donors (Lipinski definition) is 2. The topological polar surface area (TPSA) is 91.8 Å². The Labute approximate surface area is 212 Å². The number of carbonyl (C=O) groups is 2. The van der Waals surface area contributed by atoms with Crippen LogP contribution in [0.25, 0.3) is 0 Å². The van der Waals surface area contributed by atoms with Crippen molar-refractivity contribution in [3.63, 3.8) is 0 Å². The number of carboxylic acid groups (broad SMARTS) is 1. The number of urea groups is 1. The van der Waals surface area contributed by atoms with E-state index < -0.39 is 22.4 Å². The minimum absolute atomic E-state index is 0.0166. The molecule has 1 fully saturated rings. The fourth-order valence-corrected chi connectivity index (χ4v) is 6.25. The molecule has 0 atom stereocenters. The number of anilines is 1. The lowest BCUT2D eigenvalue weighted by atomic mass is 9.86. The summed E-state index contributed by atoms with van der Waals surface area (Å²) in [6.07, 6.45) is 5.33. The van der Waals surface area contributed by atoms with Crippen LogP contribution in [0, 0.1) is 17.6 Å². The van der Waals surface area contributed by atoms with Gasteiger partial charge >= 0.3 is 12.0 Å². The van der Waals surface area contributed by atoms with Crippen molar-refractivity contribution in [2.75, 3.05) is 19.0 Å². The van der Waals surface area contributed by atoms with E-state index in [4.69, 9.17) is 4.74 Å². The predicted molar refractivity (Wildman–Crippen MR) is 133 cm³/mol. The lowest BCUT2D eigenvalue weighted by Crippen LogP contribution is -2.45. The van der Waals surface area contributed by atoms with Crippen molar-refractivity contribution in [3.8, 4) is 5.75 Å². The van der Waals surface area contributed by atoms with Crippen molar-refractivity contribution < 1.29 is 28.2 Å². The number of nitrogens with zero attached hydrogens (tertiary/aromatic N) is 2. The quantitative estimate of drug-likeness (QED) is 0.386. The van der Waals surface area contributed by atoms with Gasteiger partial charge in [-0.05, 0) is 63.5 Å². The van der Waals surface area contributed by atoms with Crippen molar-refractivity contribution in [1.82, 2.24) is 9.88 Å². The number of aromatic nitrogens is 1. The summed E-state index contributed by atoms with van der Waals surface area (Å²) < 4.78 is 33.1. The van der Waals surface area contributed by atoms with Crippen LogP contribution >= 0.6 is 23.1 Å². The molecular formula is C24H31F2N3O4S2. The summed E-state index contributed by atoms with van der Waals surface area (Å²) in [5, 5.41) is 12.5. The van der Waals surface area contributed by atoms with Crippen LogP contribution < -0.4 is 10.1 Å². The fourth-order valence-electron chi connectivity index (χ4n) is 3.99. The number of carboxylic acids is 1. The van der Waals surface area contributed by atoms with Gasteiger partial charge in [-0.2, -0.15) is 4.39 Å². The molecule has 7 nitrogen and oxygen atoms in total. The van der Waals surface area contributed by atoms with Crippen molar-refractivity contribution in [2.45, 2.75) is 67.9 Å². The Morgan fingerprint density at radius 3 is 2.57 bits per heavy atom. The molecule has 0 unspecified atom stereocenters. The monoisotopic (exact) mass is 527 g/mol. The minimum atomic E-state index is -1.04. The standard InChI is InChI=1S/C24H31F2N3O4S2/c1-14-5-8-16(9-6-14)29(12-11-15-7-10-17(33-4)20(26)19(15)25)23(32)28-22-27-13-18(34-22)35-24(2,3)21(30)31/h7,10,13-14,16H,5-6,8-9,11-12H2,1-4H3,(H,30,31)(H,27,28,32). The Morgan fingerprint density at radius 1 is 1.26 bits per heavy atom. The zero-order chi connectivity index (χ0) is 25.8. The molecule has 1 heterocycles. The highest BCUT2D eigenvalue weighted by Gasteiger charge is 2.31. The molecular weight excluding hydrogens is 496 g/mol. The summed E-state index contributed by atoms with van der Waals surface area (Å²) in [6.45, 7) is 5.60. The molecule has 0 bridgehead atoms. The molecule has 35 heavy (non-hydrogen) atoms. The third-order valence-corrected chi connectivity index (χ3v) is 8.42. The van der Waals surface area contributed by atoms with Gasteiger partial charge in [0, 0.05) is 12.6 Å². The highest BCUT2D eigenvalue weighted by Crippen LogP contribution is 2.37. The Kier molecular flexibility index (Phi) is 8.98. The van der Waals surface area contributed by atoms with Crippen molar-refractivity contribution in [1.29, 1.82) is 0 Å². The predicted octanol–water partition coefficient (Wildman–Crippen LogP) is 6.04. The Bertz CT molecular complexity index is 1060. The summed E-state index contributed by atoms with van der Waals surface area (Å²) in [5.41, 5.74) is 0.175. The lowest BCUT2D eigenvalue weighted by Gasteiger charge is -2.36. The van der Waals surface area contributed by atoms with Crippen molar-refractivity contribution in [3.05, 3.63) is 35.5 Å². The van der Waals surface area contributed by atoms with Gasteiger partial charge in [0.2, 0.25) is 5.82 Å². The first kappa shape index (κ1) is 27.2. The fraction of sp³-hybridized carbons (Fsp3) is 0.542. The number of ether oxygens (including phenoxy) is 1. The molecule has 2 N–H and O–H groups in total. The molecule has 1 aliphatic carbocycles. The second-order valence-electron chi connectivity index (χ2n) is 9.24. The van der Waals surface area contributed by atoms with Crippen LogP contribution in [0.5, 0.6) is 5.75 Å². The molecule has 0 spiro atoms. The lowest BCUT2D eigenvalue weighted by molar-refractivity contribution is -0.138. The molecule has 0 aliphatic heterocycles. The summed E-state index contributed by atoms with van der Waals surface area (Å²) in [4.78, 5) is 30.6. The van der Waals surface area contributed by atoms with Crippen molar-refractivity contribution in [2.24, 2.45) is 5.92 Å². The van der Waals surface area contributed by atoms with Crippen LogP contribution in [0.3, 0.4) is 0 Å². The molecule has 1 aromatic heterocycles. The number of methoxy groups -OCH3 is 1. The van der Waals surface area contributed by atoms with E-state index in [-0.39, 0.29) is 36.4 Å². The maximum Gasteiger partial charge on any atom is 0.323 e. The Balaban J connectivity index is 1.73. The van der Waals surface area contributed by atoms with Gasteiger partial charge < -0.3 is 14.7 Å². The molecule has 1 aromatic carbocycles. The van der Waals surface area contributed by atoms with Crippen molar-refractivity contribution >= 4 is 40.2 Å².